The molecule has 3 rings (SSSR count). The maximum Gasteiger partial charge on any atom is 0.103 e. The third-order valence-electron chi connectivity index (χ3n) is 4.61. The van der Waals surface area contributed by atoms with Crippen molar-refractivity contribution in [3.8, 4) is 6.07 Å². The quantitative estimate of drug-likeness (QED) is 0.914. The Labute approximate surface area is 144 Å². The average molecular weight is 322 g/mol. The first-order chi connectivity index (χ1) is 11.4. The minimum atomic E-state index is 0.143. The molecule has 1 aliphatic heterocycles. The van der Waals surface area contributed by atoms with E-state index in [2.05, 4.69) is 48.1 Å². The van der Waals surface area contributed by atoms with Crippen molar-refractivity contribution < 1.29 is 0 Å². The first kappa shape index (κ1) is 16.7. The van der Waals surface area contributed by atoms with Crippen LogP contribution in [-0.4, -0.2) is 29.7 Å². The number of piperidine rings is 1. The molecule has 0 amide bonds. The van der Waals surface area contributed by atoms with E-state index in [4.69, 9.17) is 0 Å². The number of aromatic nitrogens is 1. The molecule has 1 fully saturated rings. The Morgan fingerprint density at radius 1 is 1.21 bits per heavy atom. The highest BCUT2D eigenvalue weighted by molar-refractivity contribution is 5.95. The lowest BCUT2D eigenvalue weighted by Crippen LogP contribution is -2.49. The molecule has 4 heteroatoms. The Morgan fingerprint density at radius 2 is 1.88 bits per heavy atom. The zero-order valence-corrected chi connectivity index (χ0v) is 15.1. The van der Waals surface area contributed by atoms with Gasteiger partial charge in [-0.05, 0) is 46.6 Å². The molecule has 2 heterocycles. The van der Waals surface area contributed by atoms with Crippen LogP contribution in [0.15, 0.2) is 24.3 Å². The topological polar surface area (TPSA) is 52.0 Å². The molecule has 0 spiro atoms. The van der Waals surface area contributed by atoms with Gasteiger partial charge in [-0.2, -0.15) is 5.26 Å². The Balaban J connectivity index is 1.92. The predicted octanol–water partition coefficient (Wildman–Crippen LogP) is 3.77. The Hall–Kier alpha value is -2.12. The molecule has 0 bridgehead atoms. The predicted molar refractivity (Wildman–Crippen MR) is 99.3 cm³/mol. The molecule has 0 aliphatic carbocycles. The van der Waals surface area contributed by atoms with Gasteiger partial charge in [0.15, 0.2) is 0 Å². The second kappa shape index (κ2) is 6.41. The molecule has 0 saturated carbocycles. The molecule has 1 aromatic carbocycles. The van der Waals surface area contributed by atoms with Crippen LogP contribution in [0.4, 0.5) is 5.69 Å². The molecular weight excluding hydrogens is 296 g/mol. The molecule has 1 N–H and O–H groups in total. The zero-order chi connectivity index (χ0) is 17.3. The summed E-state index contributed by atoms with van der Waals surface area (Å²) in [5.41, 5.74) is 3.72. The van der Waals surface area contributed by atoms with Crippen LogP contribution >= 0.6 is 0 Å². The highest BCUT2D eigenvalue weighted by Crippen LogP contribution is 2.33. The number of rotatable bonds is 2. The van der Waals surface area contributed by atoms with Crippen molar-refractivity contribution in [3.05, 3.63) is 35.5 Å². The summed E-state index contributed by atoms with van der Waals surface area (Å²) in [6.45, 7) is 10.5. The average Bonchev–Trinajstić information content (AvgIpc) is 2.53. The molecule has 2 aromatic rings. The number of nitrogens with zero attached hydrogens (tertiary/aromatic N) is 3. The number of fused-ring (bicyclic) bond motifs is 1. The summed E-state index contributed by atoms with van der Waals surface area (Å²) in [6, 6.07) is 11.1. The number of nitrogens with one attached hydrogen (secondary N) is 1. The van der Waals surface area contributed by atoms with E-state index < -0.39 is 0 Å². The fourth-order valence-corrected chi connectivity index (χ4v) is 3.64. The summed E-state index contributed by atoms with van der Waals surface area (Å²) in [6.07, 6.45) is 2.19. The summed E-state index contributed by atoms with van der Waals surface area (Å²) in [7, 11) is 0. The second-order valence-electron chi connectivity index (χ2n) is 7.71. The van der Waals surface area contributed by atoms with Crippen molar-refractivity contribution in [2.45, 2.75) is 52.1 Å². The van der Waals surface area contributed by atoms with Gasteiger partial charge >= 0.3 is 0 Å². The van der Waals surface area contributed by atoms with E-state index in [0.29, 0.717) is 6.04 Å². The van der Waals surface area contributed by atoms with E-state index in [1.54, 1.807) is 0 Å². The van der Waals surface area contributed by atoms with Crippen LogP contribution in [0.2, 0.25) is 0 Å². The highest BCUT2D eigenvalue weighted by atomic mass is 15.2. The van der Waals surface area contributed by atoms with Gasteiger partial charge in [0, 0.05) is 30.1 Å². The summed E-state index contributed by atoms with van der Waals surface area (Å²) < 4.78 is 0. The SMILES string of the molecule is Cc1nc2ccccc2c(N2CCC(NC(C)(C)C)CC2)c1C#N. The summed E-state index contributed by atoms with van der Waals surface area (Å²) >= 11 is 0. The molecule has 1 aliphatic rings. The van der Waals surface area contributed by atoms with Gasteiger partial charge in [-0.25, -0.2) is 0 Å². The summed E-state index contributed by atoms with van der Waals surface area (Å²) in [4.78, 5) is 6.98. The number of aryl methyl sites for hydroxylation is 1. The van der Waals surface area contributed by atoms with Crippen molar-refractivity contribution in [1.29, 1.82) is 5.26 Å². The number of pyridine rings is 1. The van der Waals surface area contributed by atoms with Gasteiger partial charge in [-0.15, -0.1) is 0 Å². The molecule has 0 radical (unpaired) electrons. The van der Waals surface area contributed by atoms with Gasteiger partial charge < -0.3 is 10.2 Å². The monoisotopic (exact) mass is 322 g/mol. The summed E-state index contributed by atoms with van der Waals surface area (Å²) in [5.74, 6) is 0. The fourth-order valence-electron chi connectivity index (χ4n) is 3.64. The third-order valence-corrected chi connectivity index (χ3v) is 4.61. The van der Waals surface area contributed by atoms with Crippen LogP contribution in [0.3, 0.4) is 0 Å². The highest BCUT2D eigenvalue weighted by Gasteiger charge is 2.26. The molecule has 4 nitrogen and oxygen atoms in total. The van der Waals surface area contributed by atoms with E-state index in [-0.39, 0.29) is 5.54 Å². The van der Waals surface area contributed by atoms with Crippen molar-refractivity contribution in [2.75, 3.05) is 18.0 Å². The number of hydrogen-bond donors (Lipinski definition) is 1. The van der Waals surface area contributed by atoms with Gasteiger partial charge in [-0.3, -0.25) is 4.98 Å². The Bertz CT molecular complexity index is 775. The first-order valence-corrected chi connectivity index (χ1v) is 8.71. The Morgan fingerprint density at radius 3 is 2.50 bits per heavy atom. The van der Waals surface area contributed by atoms with Crippen molar-refractivity contribution in [2.24, 2.45) is 0 Å². The first-order valence-electron chi connectivity index (χ1n) is 8.71. The molecule has 24 heavy (non-hydrogen) atoms. The smallest absolute Gasteiger partial charge is 0.103 e. The standard InChI is InChI=1S/C20H26N4/c1-14-17(13-21)19(16-7-5-6-8-18(16)22-14)24-11-9-15(10-12-24)23-20(2,3)4/h5-8,15,23H,9-12H2,1-4H3. The van der Waals surface area contributed by atoms with E-state index in [0.717, 1.165) is 53.8 Å². The van der Waals surface area contributed by atoms with Crippen molar-refractivity contribution in [3.63, 3.8) is 0 Å². The van der Waals surface area contributed by atoms with Crippen LogP contribution in [0.1, 0.15) is 44.9 Å². The number of benzene rings is 1. The third kappa shape index (κ3) is 3.37. The minimum Gasteiger partial charge on any atom is -0.370 e. The number of nitriles is 1. The lowest BCUT2D eigenvalue weighted by atomic mass is 9.98. The van der Waals surface area contributed by atoms with Gasteiger partial charge in [0.1, 0.15) is 6.07 Å². The number of para-hydroxylation sites is 1. The molecule has 0 atom stereocenters. The largest absolute Gasteiger partial charge is 0.370 e. The van der Waals surface area contributed by atoms with Crippen LogP contribution in [0.25, 0.3) is 10.9 Å². The van der Waals surface area contributed by atoms with Gasteiger partial charge in [0.2, 0.25) is 0 Å². The molecule has 1 saturated heterocycles. The molecule has 1 aromatic heterocycles. The lowest BCUT2D eigenvalue weighted by Gasteiger charge is -2.38. The number of anilines is 1. The van der Waals surface area contributed by atoms with Crippen molar-refractivity contribution >= 4 is 16.6 Å². The van der Waals surface area contributed by atoms with E-state index >= 15 is 0 Å². The molecule has 126 valence electrons. The lowest BCUT2D eigenvalue weighted by molar-refractivity contribution is 0.317. The molecule has 0 unspecified atom stereocenters. The molecular formula is C20H26N4. The van der Waals surface area contributed by atoms with Crippen LogP contribution in [0.5, 0.6) is 0 Å². The minimum absolute atomic E-state index is 0.143. The fraction of sp³-hybridized carbons (Fsp3) is 0.500. The van der Waals surface area contributed by atoms with E-state index in [1.807, 2.05) is 25.1 Å². The van der Waals surface area contributed by atoms with Crippen molar-refractivity contribution in [1.82, 2.24) is 10.3 Å². The van der Waals surface area contributed by atoms with Crippen LogP contribution < -0.4 is 10.2 Å². The normalized spacial score (nSPS) is 16.4. The van der Waals surface area contributed by atoms with Gasteiger partial charge in [0.25, 0.3) is 0 Å². The van der Waals surface area contributed by atoms with E-state index in [9.17, 15) is 5.26 Å². The van der Waals surface area contributed by atoms with E-state index in [1.165, 1.54) is 0 Å². The number of hydrogen-bond acceptors (Lipinski definition) is 4. The summed E-state index contributed by atoms with van der Waals surface area (Å²) in [5, 5.41) is 14.5. The van der Waals surface area contributed by atoms with Crippen LogP contribution in [-0.2, 0) is 0 Å². The van der Waals surface area contributed by atoms with Gasteiger partial charge in [-0.1, -0.05) is 18.2 Å². The Kier molecular flexibility index (Phi) is 4.47. The van der Waals surface area contributed by atoms with Gasteiger partial charge in [0.05, 0.1) is 22.5 Å². The maximum absolute atomic E-state index is 9.67. The second-order valence-corrected chi connectivity index (χ2v) is 7.71. The zero-order valence-electron chi connectivity index (χ0n) is 15.1. The van der Waals surface area contributed by atoms with Crippen LogP contribution in [0, 0.1) is 18.3 Å². The maximum atomic E-state index is 9.67.